The molecule has 0 atom stereocenters. The first-order chi connectivity index (χ1) is 6.34. The van der Waals surface area contributed by atoms with E-state index in [1.165, 1.54) is 0 Å². The molecule has 0 fully saturated rings. The van der Waals surface area contributed by atoms with Crippen LogP contribution >= 0.6 is 23.4 Å². The Labute approximate surface area is 87.9 Å². The van der Waals surface area contributed by atoms with Gasteiger partial charge in [-0.2, -0.15) is 0 Å². The topological polar surface area (TPSA) is 12.9 Å². The average Bonchev–Trinajstić information content (AvgIpc) is 2.15. The lowest BCUT2D eigenvalue weighted by atomic mass is 10.4. The maximum atomic E-state index is 5.91. The Hall–Kier alpha value is -0.650. The molecule has 0 amide bonds. The Morgan fingerprint density at radius 2 is 2.46 bits per heavy atom. The van der Waals surface area contributed by atoms with E-state index in [1.54, 1.807) is 18.0 Å². The van der Waals surface area contributed by atoms with E-state index in [0.717, 1.165) is 23.6 Å². The molecule has 68 valence electrons. The van der Waals surface area contributed by atoms with Gasteiger partial charge in [-0.05, 0) is 18.6 Å². The molecule has 1 aromatic rings. The summed E-state index contributed by atoms with van der Waals surface area (Å²) in [6, 6.07) is 3.67. The minimum atomic E-state index is 0.716. The second-order valence-electron chi connectivity index (χ2n) is 2.45. The van der Waals surface area contributed by atoms with Crippen LogP contribution in [-0.2, 0) is 0 Å². The van der Waals surface area contributed by atoms with Crippen molar-refractivity contribution in [2.75, 3.05) is 5.75 Å². The third-order valence-corrected chi connectivity index (χ3v) is 2.94. The fourth-order valence-electron chi connectivity index (χ4n) is 0.820. The van der Waals surface area contributed by atoms with Crippen molar-refractivity contribution in [3.8, 4) is 12.3 Å². The average molecular weight is 212 g/mol. The first-order valence-corrected chi connectivity index (χ1v) is 5.37. The normalized spacial score (nSPS) is 9.54. The van der Waals surface area contributed by atoms with E-state index in [1.807, 2.05) is 12.1 Å². The van der Waals surface area contributed by atoms with Gasteiger partial charge in [0.05, 0.1) is 5.02 Å². The monoisotopic (exact) mass is 211 g/mol. The molecule has 0 radical (unpaired) electrons. The summed E-state index contributed by atoms with van der Waals surface area (Å²) in [5.74, 6) is 3.58. The number of hydrogen-bond acceptors (Lipinski definition) is 2. The third-order valence-electron chi connectivity index (χ3n) is 1.43. The van der Waals surface area contributed by atoms with Gasteiger partial charge in [0.1, 0.15) is 5.03 Å². The molecule has 1 rings (SSSR count). The van der Waals surface area contributed by atoms with Gasteiger partial charge in [-0.3, -0.25) is 0 Å². The maximum Gasteiger partial charge on any atom is 0.115 e. The number of halogens is 1. The van der Waals surface area contributed by atoms with Gasteiger partial charge in [-0.25, -0.2) is 4.98 Å². The van der Waals surface area contributed by atoms with Gasteiger partial charge in [-0.1, -0.05) is 11.6 Å². The summed E-state index contributed by atoms with van der Waals surface area (Å²) >= 11 is 7.56. The summed E-state index contributed by atoms with van der Waals surface area (Å²) in [7, 11) is 0. The predicted molar refractivity (Wildman–Crippen MR) is 58.0 cm³/mol. The Balaban J connectivity index is 2.37. The first kappa shape index (κ1) is 10.4. The molecule has 13 heavy (non-hydrogen) atoms. The Kier molecular flexibility index (Phi) is 4.74. The van der Waals surface area contributed by atoms with Gasteiger partial charge in [0.2, 0.25) is 0 Å². The van der Waals surface area contributed by atoms with Crippen LogP contribution < -0.4 is 0 Å². The van der Waals surface area contributed by atoms with Crippen molar-refractivity contribution >= 4 is 23.4 Å². The molecule has 0 saturated carbocycles. The quantitative estimate of drug-likeness (QED) is 0.431. The van der Waals surface area contributed by atoms with Crippen LogP contribution in [0.15, 0.2) is 23.4 Å². The lowest BCUT2D eigenvalue weighted by molar-refractivity contribution is 0.992. The van der Waals surface area contributed by atoms with Crippen molar-refractivity contribution in [2.24, 2.45) is 0 Å². The molecule has 0 aliphatic rings. The van der Waals surface area contributed by atoms with Crippen molar-refractivity contribution < 1.29 is 0 Å². The Bertz CT molecular complexity index is 306. The highest BCUT2D eigenvalue weighted by atomic mass is 35.5. The summed E-state index contributed by atoms with van der Waals surface area (Å²) in [6.07, 6.45) is 8.71. The lowest BCUT2D eigenvalue weighted by Crippen LogP contribution is -1.83. The molecule has 0 aromatic carbocycles. The molecule has 0 unspecified atom stereocenters. The van der Waals surface area contributed by atoms with Crippen molar-refractivity contribution in [1.29, 1.82) is 0 Å². The van der Waals surface area contributed by atoms with Gasteiger partial charge in [0.15, 0.2) is 0 Å². The minimum absolute atomic E-state index is 0.716. The van der Waals surface area contributed by atoms with Crippen LogP contribution in [0, 0.1) is 12.3 Å². The first-order valence-electron chi connectivity index (χ1n) is 4.01. The standard InChI is InChI=1S/C10H10ClNS/c1-2-3-4-8-13-10-9(11)6-5-7-12-10/h1,5-7H,3-4,8H2. The second kappa shape index (κ2) is 5.90. The van der Waals surface area contributed by atoms with Gasteiger partial charge < -0.3 is 0 Å². The number of pyridine rings is 1. The van der Waals surface area contributed by atoms with E-state index in [0.29, 0.717) is 5.02 Å². The molecule has 1 heterocycles. The maximum absolute atomic E-state index is 5.91. The van der Waals surface area contributed by atoms with Crippen molar-refractivity contribution in [2.45, 2.75) is 17.9 Å². The number of rotatable bonds is 4. The molecule has 0 saturated heterocycles. The van der Waals surface area contributed by atoms with Crippen molar-refractivity contribution in [3.63, 3.8) is 0 Å². The Morgan fingerprint density at radius 3 is 3.15 bits per heavy atom. The molecule has 0 spiro atoms. The van der Waals surface area contributed by atoms with Crippen LogP contribution in [0.4, 0.5) is 0 Å². The summed E-state index contributed by atoms with van der Waals surface area (Å²) in [4.78, 5) is 4.16. The molecule has 0 N–H and O–H groups in total. The zero-order valence-electron chi connectivity index (χ0n) is 7.16. The number of unbranched alkanes of at least 4 members (excludes halogenated alkanes) is 1. The highest BCUT2D eigenvalue weighted by Crippen LogP contribution is 2.24. The zero-order chi connectivity index (χ0) is 9.52. The van der Waals surface area contributed by atoms with E-state index >= 15 is 0 Å². The smallest absolute Gasteiger partial charge is 0.115 e. The molecule has 0 aliphatic carbocycles. The van der Waals surface area contributed by atoms with Crippen molar-refractivity contribution in [1.82, 2.24) is 4.98 Å². The fourth-order valence-corrected chi connectivity index (χ4v) is 1.93. The van der Waals surface area contributed by atoms with E-state index in [2.05, 4.69) is 10.9 Å². The Morgan fingerprint density at radius 1 is 1.62 bits per heavy atom. The number of nitrogens with zero attached hydrogens (tertiary/aromatic N) is 1. The number of terminal acetylenes is 1. The minimum Gasteiger partial charge on any atom is -0.248 e. The van der Waals surface area contributed by atoms with Crippen LogP contribution in [-0.4, -0.2) is 10.7 Å². The van der Waals surface area contributed by atoms with Crippen LogP contribution in [0.25, 0.3) is 0 Å². The number of hydrogen-bond donors (Lipinski definition) is 0. The molecular weight excluding hydrogens is 202 g/mol. The highest BCUT2D eigenvalue weighted by molar-refractivity contribution is 7.99. The van der Waals surface area contributed by atoms with Gasteiger partial charge in [0.25, 0.3) is 0 Å². The molecule has 3 heteroatoms. The molecule has 1 aromatic heterocycles. The fraction of sp³-hybridized carbons (Fsp3) is 0.300. The van der Waals surface area contributed by atoms with Gasteiger partial charge in [0, 0.05) is 18.4 Å². The second-order valence-corrected chi connectivity index (χ2v) is 3.94. The van der Waals surface area contributed by atoms with Crippen LogP contribution in [0.1, 0.15) is 12.8 Å². The van der Waals surface area contributed by atoms with Gasteiger partial charge >= 0.3 is 0 Å². The summed E-state index contributed by atoms with van der Waals surface area (Å²) in [5, 5.41) is 1.61. The summed E-state index contributed by atoms with van der Waals surface area (Å²) in [6.45, 7) is 0. The van der Waals surface area contributed by atoms with Crippen LogP contribution in [0.5, 0.6) is 0 Å². The third kappa shape index (κ3) is 3.71. The van der Waals surface area contributed by atoms with E-state index in [-0.39, 0.29) is 0 Å². The SMILES string of the molecule is C#CCCCSc1ncccc1Cl. The van der Waals surface area contributed by atoms with Crippen LogP contribution in [0.2, 0.25) is 5.02 Å². The van der Waals surface area contributed by atoms with Crippen molar-refractivity contribution in [3.05, 3.63) is 23.4 Å². The van der Waals surface area contributed by atoms with E-state index in [4.69, 9.17) is 18.0 Å². The zero-order valence-corrected chi connectivity index (χ0v) is 8.74. The molecule has 0 bridgehead atoms. The van der Waals surface area contributed by atoms with Gasteiger partial charge in [-0.15, -0.1) is 24.1 Å². The van der Waals surface area contributed by atoms with E-state index in [9.17, 15) is 0 Å². The molecule has 0 aliphatic heterocycles. The predicted octanol–water partition coefficient (Wildman–Crippen LogP) is 3.24. The summed E-state index contributed by atoms with van der Waals surface area (Å²) < 4.78 is 0. The number of thioether (sulfide) groups is 1. The lowest BCUT2D eigenvalue weighted by Gasteiger charge is -2.00. The largest absolute Gasteiger partial charge is 0.248 e. The highest BCUT2D eigenvalue weighted by Gasteiger charge is 1.99. The summed E-state index contributed by atoms with van der Waals surface area (Å²) in [5.41, 5.74) is 0. The number of aromatic nitrogens is 1. The molecular formula is C10H10ClNS. The van der Waals surface area contributed by atoms with E-state index < -0.39 is 0 Å². The molecule has 1 nitrogen and oxygen atoms in total. The van der Waals surface area contributed by atoms with Crippen LogP contribution in [0.3, 0.4) is 0 Å².